The summed E-state index contributed by atoms with van der Waals surface area (Å²) in [6, 6.07) is 21.6. The third-order valence-electron chi connectivity index (χ3n) is 4.28. The van der Waals surface area contributed by atoms with Crippen LogP contribution in [0.2, 0.25) is 0 Å². The quantitative estimate of drug-likeness (QED) is 0.889. The van der Waals surface area contributed by atoms with Crippen LogP contribution < -0.4 is 5.32 Å². The molecule has 2 aromatic carbocycles. The fraction of sp³-hybridized carbons (Fsp3) is 0.316. The first-order valence-corrected chi connectivity index (χ1v) is 7.85. The molecule has 1 heterocycles. The molecule has 24 heavy (non-hydrogen) atoms. The van der Waals surface area contributed by atoms with Crippen LogP contribution in [0.15, 0.2) is 54.6 Å². The minimum absolute atomic E-state index is 0. The normalized spacial score (nSPS) is 15.5. The van der Waals surface area contributed by atoms with Gasteiger partial charge in [-0.05, 0) is 16.7 Å². The number of nitrogens with zero attached hydrogens (tertiary/aromatic N) is 2. The van der Waals surface area contributed by atoms with Gasteiger partial charge in [0.15, 0.2) is 0 Å². The summed E-state index contributed by atoms with van der Waals surface area (Å²) >= 11 is 0. The standard InChI is InChI=1S/C19H21N3.2ClH/c20-11-10-19(22-14-12-21-13-15-22)18-8-6-17(7-9-18)16-4-2-1-3-5-16;;/h1-9,19,21H,10,12-15H2;2*1H/t19-;;/m1../s1. The molecule has 1 fully saturated rings. The Morgan fingerprint density at radius 1 is 0.917 bits per heavy atom. The summed E-state index contributed by atoms with van der Waals surface area (Å²) in [5.74, 6) is 0. The van der Waals surface area contributed by atoms with Crippen LogP contribution in [-0.4, -0.2) is 31.1 Å². The van der Waals surface area contributed by atoms with Crippen LogP contribution in [0, 0.1) is 11.3 Å². The summed E-state index contributed by atoms with van der Waals surface area (Å²) in [5, 5.41) is 12.5. The van der Waals surface area contributed by atoms with E-state index in [9.17, 15) is 0 Å². The number of nitrogens with one attached hydrogen (secondary N) is 1. The Hall–Kier alpha value is -1.57. The van der Waals surface area contributed by atoms with Gasteiger partial charge >= 0.3 is 0 Å². The molecule has 0 unspecified atom stereocenters. The van der Waals surface area contributed by atoms with Gasteiger partial charge in [0.1, 0.15) is 0 Å². The number of rotatable bonds is 4. The van der Waals surface area contributed by atoms with Gasteiger partial charge in [0.25, 0.3) is 0 Å². The van der Waals surface area contributed by atoms with Gasteiger partial charge in [0, 0.05) is 32.2 Å². The minimum Gasteiger partial charge on any atom is -0.314 e. The summed E-state index contributed by atoms with van der Waals surface area (Å²) in [4.78, 5) is 2.41. The first-order chi connectivity index (χ1) is 10.9. The zero-order valence-electron chi connectivity index (χ0n) is 13.5. The lowest BCUT2D eigenvalue weighted by Crippen LogP contribution is -2.45. The number of piperazine rings is 1. The highest BCUT2D eigenvalue weighted by atomic mass is 35.5. The van der Waals surface area contributed by atoms with Gasteiger partial charge in [0.05, 0.1) is 12.5 Å². The van der Waals surface area contributed by atoms with Gasteiger partial charge in [-0.3, -0.25) is 4.90 Å². The van der Waals surface area contributed by atoms with E-state index in [0.29, 0.717) is 6.42 Å². The van der Waals surface area contributed by atoms with E-state index in [0.717, 1.165) is 26.2 Å². The molecule has 0 bridgehead atoms. The molecule has 128 valence electrons. The summed E-state index contributed by atoms with van der Waals surface area (Å²) in [6.07, 6.45) is 0.546. The summed E-state index contributed by atoms with van der Waals surface area (Å²) in [6.45, 7) is 4.02. The number of nitriles is 1. The number of halogens is 2. The molecule has 1 saturated heterocycles. The minimum atomic E-state index is 0. The number of hydrogen-bond donors (Lipinski definition) is 1. The molecule has 3 nitrogen and oxygen atoms in total. The predicted octanol–water partition coefficient (Wildman–Crippen LogP) is 4.06. The molecule has 0 radical (unpaired) electrons. The summed E-state index contributed by atoms with van der Waals surface area (Å²) in [5.41, 5.74) is 3.69. The highest BCUT2D eigenvalue weighted by Gasteiger charge is 2.21. The molecule has 1 aliphatic heterocycles. The lowest BCUT2D eigenvalue weighted by molar-refractivity contribution is 0.175. The largest absolute Gasteiger partial charge is 0.314 e. The summed E-state index contributed by atoms with van der Waals surface area (Å²) < 4.78 is 0. The van der Waals surface area contributed by atoms with E-state index in [2.05, 4.69) is 64.8 Å². The Labute approximate surface area is 156 Å². The Bertz CT molecular complexity index is 632. The molecule has 1 aliphatic rings. The van der Waals surface area contributed by atoms with E-state index in [1.54, 1.807) is 0 Å². The monoisotopic (exact) mass is 363 g/mol. The van der Waals surface area contributed by atoms with Crippen LogP contribution in [0.3, 0.4) is 0 Å². The lowest BCUT2D eigenvalue weighted by atomic mass is 9.98. The molecular formula is C19H23Cl2N3. The topological polar surface area (TPSA) is 39.1 Å². The van der Waals surface area contributed by atoms with Crippen LogP contribution in [-0.2, 0) is 0 Å². The van der Waals surface area contributed by atoms with Crippen LogP contribution >= 0.6 is 24.8 Å². The SMILES string of the molecule is Cl.Cl.N#CC[C@H](c1ccc(-c2ccccc2)cc1)N1CCNCC1. The Kier molecular flexibility index (Phi) is 8.81. The molecule has 0 spiro atoms. The first kappa shape index (κ1) is 20.5. The molecular weight excluding hydrogens is 341 g/mol. The second kappa shape index (κ2) is 10.3. The van der Waals surface area contributed by atoms with E-state index >= 15 is 0 Å². The van der Waals surface area contributed by atoms with Gasteiger partial charge < -0.3 is 5.32 Å². The van der Waals surface area contributed by atoms with E-state index in [-0.39, 0.29) is 30.9 Å². The second-order valence-corrected chi connectivity index (χ2v) is 5.65. The van der Waals surface area contributed by atoms with Gasteiger partial charge in [-0.1, -0.05) is 54.6 Å². The number of benzene rings is 2. The molecule has 0 aliphatic carbocycles. The molecule has 3 rings (SSSR count). The van der Waals surface area contributed by atoms with Crippen molar-refractivity contribution in [1.29, 1.82) is 5.26 Å². The fourth-order valence-electron chi connectivity index (χ4n) is 3.07. The van der Waals surface area contributed by atoms with Crippen molar-refractivity contribution >= 4 is 24.8 Å². The highest BCUT2D eigenvalue weighted by molar-refractivity contribution is 5.85. The van der Waals surface area contributed by atoms with Gasteiger partial charge in [-0.25, -0.2) is 0 Å². The van der Waals surface area contributed by atoms with Crippen molar-refractivity contribution in [2.75, 3.05) is 26.2 Å². The maximum absolute atomic E-state index is 9.17. The Morgan fingerprint density at radius 3 is 2.08 bits per heavy atom. The van der Waals surface area contributed by atoms with Crippen LogP contribution in [0.25, 0.3) is 11.1 Å². The Morgan fingerprint density at radius 2 is 1.50 bits per heavy atom. The zero-order valence-corrected chi connectivity index (χ0v) is 15.2. The first-order valence-electron chi connectivity index (χ1n) is 7.85. The third kappa shape index (κ3) is 4.96. The molecule has 0 aromatic heterocycles. The van der Waals surface area contributed by atoms with Crippen LogP contribution in [0.5, 0.6) is 0 Å². The summed E-state index contributed by atoms with van der Waals surface area (Å²) in [7, 11) is 0. The van der Waals surface area contributed by atoms with Gasteiger partial charge in [-0.2, -0.15) is 5.26 Å². The molecule has 0 amide bonds. The zero-order chi connectivity index (χ0) is 15.2. The van der Waals surface area contributed by atoms with E-state index in [4.69, 9.17) is 5.26 Å². The van der Waals surface area contributed by atoms with Crippen molar-refractivity contribution in [3.63, 3.8) is 0 Å². The van der Waals surface area contributed by atoms with Crippen molar-refractivity contribution in [2.45, 2.75) is 12.5 Å². The van der Waals surface area contributed by atoms with Crippen LogP contribution in [0.1, 0.15) is 18.0 Å². The maximum Gasteiger partial charge on any atom is 0.0641 e. The molecule has 0 saturated carbocycles. The van der Waals surface area contributed by atoms with Crippen LogP contribution in [0.4, 0.5) is 0 Å². The van der Waals surface area contributed by atoms with Crippen molar-refractivity contribution in [3.05, 3.63) is 60.2 Å². The Balaban J connectivity index is 0.00000144. The molecule has 1 N–H and O–H groups in total. The van der Waals surface area contributed by atoms with Crippen molar-refractivity contribution in [3.8, 4) is 17.2 Å². The van der Waals surface area contributed by atoms with Gasteiger partial charge in [0.2, 0.25) is 0 Å². The maximum atomic E-state index is 9.17. The van der Waals surface area contributed by atoms with Crippen molar-refractivity contribution < 1.29 is 0 Å². The molecule has 5 heteroatoms. The van der Waals surface area contributed by atoms with E-state index < -0.39 is 0 Å². The van der Waals surface area contributed by atoms with Gasteiger partial charge in [-0.15, -0.1) is 24.8 Å². The smallest absolute Gasteiger partial charge is 0.0641 e. The second-order valence-electron chi connectivity index (χ2n) is 5.65. The number of hydrogen-bond acceptors (Lipinski definition) is 3. The average molecular weight is 364 g/mol. The van der Waals surface area contributed by atoms with E-state index in [1.807, 2.05) is 6.07 Å². The van der Waals surface area contributed by atoms with Crippen molar-refractivity contribution in [1.82, 2.24) is 10.2 Å². The molecule has 2 aromatic rings. The van der Waals surface area contributed by atoms with E-state index in [1.165, 1.54) is 16.7 Å². The highest BCUT2D eigenvalue weighted by Crippen LogP contribution is 2.27. The molecule has 1 atom stereocenters. The predicted molar refractivity (Wildman–Crippen MR) is 104 cm³/mol. The lowest BCUT2D eigenvalue weighted by Gasteiger charge is -2.34. The third-order valence-corrected chi connectivity index (χ3v) is 4.28. The van der Waals surface area contributed by atoms with Crippen molar-refractivity contribution in [2.24, 2.45) is 0 Å². The average Bonchev–Trinajstić information content (AvgIpc) is 2.61. The fourth-order valence-corrected chi connectivity index (χ4v) is 3.07.